The number of hydrogen-bond donors (Lipinski definition) is 0. The van der Waals surface area contributed by atoms with Crippen LogP contribution in [0.2, 0.25) is 0 Å². The zero-order valence-corrected chi connectivity index (χ0v) is 25.1. The fourth-order valence-corrected chi connectivity index (χ4v) is 6.65. The first kappa shape index (κ1) is 28.9. The Morgan fingerprint density at radius 2 is 1.80 bits per heavy atom. The predicted octanol–water partition coefficient (Wildman–Crippen LogP) is 5.56. The van der Waals surface area contributed by atoms with E-state index in [-0.39, 0.29) is 17.9 Å². The zero-order valence-electron chi connectivity index (χ0n) is 23.4. The minimum atomic E-state index is 0.00672. The standard InChI is InChI=1S/C31H35N5O3S2/c1-23-22-34(17-18-35(23)30(38)27-11-8-20-40-27)29(37)12-6-7-19-41-31-33-32-28(21-24-9-4-3-5-10-24)36(31)25-13-15-26(39-2)16-14-25/h3-5,8-11,13-16,20,23H,6-7,12,17-19,21-22H2,1-2H3. The quantitative estimate of drug-likeness (QED) is 0.168. The molecular formula is C31H35N5O3S2. The number of unbranched alkanes of at least 4 members (excludes halogenated alkanes) is 1. The third kappa shape index (κ3) is 7.18. The Bertz CT molecular complexity index is 1420. The maximum absolute atomic E-state index is 12.9. The summed E-state index contributed by atoms with van der Waals surface area (Å²) < 4.78 is 7.45. The van der Waals surface area contributed by atoms with Crippen LogP contribution in [-0.2, 0) is 11.2 Å². The van der Waals surface area contributed by atoms with Gasteiger partial charge < -0.3 is 14.5 Å². The predicted molar refractivity (Wildman–Crippen MR) is 163 cm³/mol. The molecule has 1 aliphatic rings. The summed E-state index contributed by atoms with van der Waals surface area (Å²) in [7, 11) is 1.66. The van der Waals surface area contributed by atoms with Crippen LogP contribution in [0.3, 0.4) is 0 Å². The highest BCUT2D eigenvalue weighted by atomic mass is 32.2. The topological polar surface area (TPSA) is 80.6 Å². The van der Waals surface area contributed by atoms with Gasteiger partial charge in [0.2, 0.25) is 5.91 Å². The van der Waals surface area contributed by atoms with Crippen molar-refractivity contribution in [1.82, 2.24) is 24.6 Å². The fourth-order valence-electron chi connectivity index (χ4n) is 5.00. The van der Waals surface area contributed by atoms with Crippen LogP contribution >= 0.6 is 23.1 Å². The van der Waals surface area contributed by atoms with E-state index in [9.17, 15) is 9.59 Å². The Morgan fingerprint density at radius 3 is 2.51 bits per heavy atom. The molecule has 10 heteroatoms. The van der Waals surface area contributed by atoms with Gasteiger partial charge in [-0.1, -0.05) is 48.2 Å². The molecule has 5 rings (SSSR count). The molecule has 0 saturated carbocycles. The molecule has 1 fully saturated rings. The van der Waals surface area contributed by atoms with E-state index in [1.165, 1.54) is 16.9 Å². The van der Waals surface area contributed by atoms with Crippen molar-refractivity contribution < 1.29 is 14.3 Å². The monoisotopic (exact) mass is 589 g/mol. The van der Waals surface area contributed by atoms with Gasteiger partial charge in [-0.2, -0.15) is 0 Å². The molecule has 41 heavy (non-hydrogen) atoms. The average Bonchev–Trinajstić information content (AvgIpc) is 3.68. The Kier molecular flexibility index (Phi) is 9.74. The maximum Gasteiger partial charge on any atom is 0.264 e. The number of thioether (sulfide) groups is 1. The molecule has 0 aliphatic carbocycles. The van der Waals surface area contributed by atoms with Gasteiger partial charge in [-0.15, -0.1) is 21.5 Å². The normalized spacial score (nSPS) is 15.2. The summed E-state index contributed by atoms with van der Waals surface area (Å²) in [6, 6.07) is 22.0. The van der Waals surface area contributed by atoms with Crippen LogP contribution < -0.4 is 4.74 Å². The van der Waals surface area contributed by atoms with Crippen LogP contribution in [0.5, 0.6) is 5.75 Å². The van der Waals surface area contributed by atoms with Crippen molar-refractivity contribution in [2.24, 2.45) is 0 Å². The lowest BCUT2D eigenvalue weighted by Crippen LogP contribution is -2.55. The van der Waals surface area contributed by atoms with E-state index in [4.69, 9.17) is 4.74 Å². The molecule has 1 aliphatic heterocycles. The van der Waals surface area contributed by atoms with Crippen LogP contribution in [0.1, 0.15) is 47.2 Å². The Labute approximate surface area is 249 Å². The first-order valence-corrected chi connectivity index (χ1v) is 15.8. The smallest absolute Gasteiger partial charge is 0.264 e. The second kappa shape index (κ2) is 13.8. The molecule has 1 saturated heterocycles. The van der Waals surface area contributed by atoms with Gasteiger partial charge in [-0.3, -0.25) is 14.2 Å². The highest BCUT2D eigenvalue weighted by Crippen LogP contribution is 2.26. The summed E-state index contributed by atoms with van der Waals surface area (Å²) in [6.07, 6.45) is 2.89. The van der Waals surface area contributed by atoms with Crippen LogP contribution in [0.25, 0.3) is 5.69 Å². The molecule has 0 radical (unpaired) electrons. The highest BCUT2D eigenvalue weighted by Gasteiger charge is 2.30. The SMILES string of the molecule is COc1ccc(-n2c(Cc3ccccc3)nnc2SCCCCC(=O)N2CCN(C(=O)c3cccs3)C(C)C2)cc1. The lowest BCUT2D eigenvalue weighted by molar-refractivity contribution is -0.133. The number of hydrogen-bond acceptors (Lipinski definition) is 7. The van der Waals surface area contributed by atoms with Crippen molar-refractivity contribution in [2.45, 2.75) is 43.8 Å². The molecule has 2 amide bonds. The van der Waals surface area contributed by atoms with Crippen molar-refractivity contribution in [3.8, 4) is 11.4 Å². The number of thiophene rings is 1. The van der Waals surface area contributed by atoms with Crippen LogP contribution in [0, 0.1) is 0 Å². The third-order valence-electron chi connectivity index (χ3n) is 7.23. The van der Waals surface area contributed by atoms with Crippen molar-refractivity contribution >= 4 is 34.9 Å². The summed E-state index contributed by atoms with van der Waals surface area (Å²) in [6.45, 7) is 3.77. The van der Waals surface area contributed by atoms with Crippen molar-refractivity contribution in [3.05, 3.63) is 88.4 Å². The fraction of sp³-hybridized carbons (Fsp3) is 0.355. The maximum atomic E-state index is 12.9. The number of piperazine rings is 1. The first-order chi connectivity index (χ1) is 20.0. The van der Waals surface area contributed by atoms with Crippen LogP contribution in [0.15, 0.2) is 77.3 Å². The van der Waals surface area contributed by atoms with Gasteiger partial charge in [0.15, 0.2) is 5.16 Å². The number of aromatic nitrogens is 3. The van der Waals surface area contributed by atoms with Gasteiger partial charge in [0.05, 0.1) is 12.0 Å². The number of nitrogens with zero attached hydrogens (tertiary/aromatic N) is 5. The molecule has 8 nitrogen and oxygen atoms in total. The summed E-state index contributed by atoms with van der Waals surface area (Å²) in [5, 5.41) is 11.8. The van der Waals surface area contributed by atoms with Crippen molar-refractivity contribution in [3.63, 3.8) is 0 Å². The molecule has 214 valence electrons. The van der Waals surface area contributed by atoms with Gasteiger partial charge in [-0.25, -0.2) is 0 Å². The molecule has 1 atom stereocenters. The van der Waals surface area contributed by atoms with Gasteiger partial charge in [0.25, 0.3) is 5.91 Å². The second-order valence-electron chi connectivity index (χ2n) is 10.1. The Hall–Kier alpha value is -3.63. The number of carbonyl (C=O) groups excluding carboxylic acids is 2. The molecule has 1 unspecified atom stereocenters. The molecule has 0 N–H and O–H groups in total. The van der Waals surface area contributed by atoms with E-state index >= 15 is 0 Å². The Morgan fingerprint density at radius 1 is 1.00 bits per heavy atom. The lowest BCUT2D eigenvalue weighted by atomic mass is 10.1. The number of carbonyl (C=O) groups is 2. The molecular weight excluding hydrogens is 555 g/mol. The number of rotatable bonds is 11. The van der Waals surface area contributed by atoms with Crippen LogP contribution in [0.4, 0.5) is 0 Å². The van der Waals surface area contributed by atoms with E-state index in [1.807, 2.05) is 76.7 Å². The zero-order chi connectivity index (χ0) is 28.6. The van der Waals surface area contributed by atoms with Crippen molar-refractivity contribution in [2.75, 3.05) is 32.5 Å². The number of methoxy groups -OCH3 is 1. The summed E-state index contributed by atoms with van der Waals surface area (Å²) in [5.74, 6) is 2.75. The number of amides is 2. The van der Waals surface area contributed by atoms with Gasteiger partial charge >= 0.3 is 0 Å². The summed E-state index contributed by atoms with van der Waals surface area (Å²) in [5.41, 5.74) is 2.17. The average molecular weight is 590 g/mol. The van der Waals surface area contributed by atoms with E-state index in [1.54, 1.807) is 18.9 Å². The van der Waals surface area contributed by atoms with E-state index in [0.29, 0.717) is 32.5 Å². The number of ether oxygens (including phenoxy) is 1. The van der Waals surface area contributed by atoms with E-state index in [2.05, 4.69) is 26.9 Å². The molecule has 2 aromatic carbocycles. The largest absolute Gasteiger partial charge is 0.497 e. The van der Waals surface area contributed by atoms with Crippen LogP contribution in [-0.4, -0.2) is 74.9 Å². The molecule has 4 aromatic rings. The van der Waals surface area contributed by atoms with E-state index < -0.39 is 0 Å². The Balaban J connectivity index is 1.13. The lowest BCUT2D eigenvalue weighted by Gasteiger charge is -2.39. The molecule has 0 spiro atoms. The first-order valence-electron chi connectivity index (χ1n) is 13.9. The van der Waals surface area contributed by atoms with Gasteiger partial charge in [-0.05, 0) is 61.0 Å². The van der Waals surface area contributed by atoms with Gasteiger partial charge in [0.1, 0.15) is 11.6 Å². The molecule has 2 aromatic heterocycles. The second-order valence-corrected chi connectivity index (χ2v) is 12.1. The number of benzene rings is 2. The van der Waals surface area contributed by atoms with E-state index in [0.717, 1.165) is 45.9 Å². The summed E-state index contributed by atoms with van der Waals surface area (Å²) >= 11 is 3.12. The summed E-state index contributed by atoms with van der Waals surface area (Å²) in [4.78, 5) is 30.2. The minimum absolute atomic E-state index is 0.00672. The highest BCUT2D eigenvalue weighted by molar-refractivity contribution is 7.99. The van der Waals surface area contributed by atoms with Gasteiger partial charge in [0, 0.05) is 50.0 Å². The molecule has 0 bridgehead atoms. The molecule has 3 heterocycles. The van der Waals surface area contributed by atoms with Crippen molar-refractivity contribution in [1.29, 1.82) is 0 Å². The third-order valence-corrected chi connectivity index (χ3v) is 9.10. The minimum Gasteiger partial charge on any atom is -0.497 e.